The van der Waals surface area contributed by atoms with E-state index in [1.54, 1.807) is 24.3 Å². The van der Waals surface area contributed by atoms with E-state index in [4.69, 9.17) is 16.6 Å². The molecular weight excluding hydrogens is 446 g/mol. The molecule has 0 amide bonds. The number of nitrogens with zero attached hydrogens (tertiary/aromatic N) is 4. The quantitative estimate of drug-likeness (QED) is 0.640. The van der Waals surface area contributed by atoms with E-state index >= 15 is 0 Å². The van der Waals surface area contributed by atoms with Crippen LogP contribution in [-0.2, 0) is 10.0 Å². The molecule has 162 valence electrons. The summed E-state index contributed by atoms with van der Waals surface area (Å²) in [5.74, 6) is 0.217. The first-order valence-electron chi connectivity index (χ1n) is 10.0. The molecule has 1 saturated heterocycles. The Labute approximate surface area is 191 Å². The fraction of sp³-hybridized carbons (Fsp3) is 0.130. The first kappa shape index (κ1) is 20.7. The summed E-state index contributed by atoms with van der Waals surface area (Å²) in [6, 6.07) is 23.6. The van der Waals surface area contributed by atoms with Crippen molar-refractivity contribution >= 4 is 39.0 Å². The summed E-state index contributed by atoms with van der Waals surface area (Å²) in [6.45, 7) is 0.407. The minimum Gasteiger partial charge on any atom is -0.290 e. The lowest BCUT2D eigenvalue weighted by Crippen LogP contribution is -2.40. The van der Waals surface area contributed by atoms with Crippen LogP contribution in [0.2, 0.25) is 5.02 Å². The van der Waals surface area contributed by atoms with E-state index in [0.717, 1.165) is 22.5 Å². The molecule has 5 rings (SSSR count). The van der Waals surface area contributed by atoms with Gasteiger partial charge in [-0.3, -0.25) is 15.3 Å². The number of guanidine groups is 1. The third kappa shape index (κ3) is 3.66. The number of anilines is 1. The number of benzene rings is 3. The van der Waals surface area contributed by atoms with Crippen molar-refractivity contribution in [1.29, 1.82) is 0 Å². The number of likely N-dealkylation sites (N-methyl/N-ethyl adjacent to an activating group) is 1. The fourth-order valence-electron chi connectivity index (χ4n) is 3.91. The normalized spacial score (nSPS) is 19.7. The van der Waals surface area contributed by atoms with E-state index in [1.807, 2.05) is 59.4 Å². The first-order chi connectivity index (χ1) is 15.4. The van der Waals surface area contributed by atoms with Crippen LogP contribution in [0, 0.1) is 0 Å². The Morgan fingerprint density at radius 3 is 2.44 bits per heavy atom. The molecule has 0 bridgehead atoms. The van der Waals surface area contributed by atoms with Crippen LogP contribution in [0.4, 0.5) is 5.69 Å². The monoisotopic (exact) mass is 465 g/mol. The molecule has 32 heavy (non-hydrogen) atoms. The van der Waals surface area contributed by atoms with Crippen molar-refractivity contribution in [3.63, 3.8) is 0 Å². The van der Waals surface area contributed by atoms with Gasteiger partial charge in [-0.15, -0.1) is 4.40 Å². The van der Waals surface area contributed by atoms with E-state index < -0.39 is 10.0 Å². The zero-order chi connectivity index (χ0) is 22.3. The molecule has 1 unspecified atom stereocenters. The smallest absolute Gasteiger partial charge is 0.285 e. The Morgan fingerprint density at radius 2 is 1.72 bits per heavy atom. The molecule has 1 fully saturated rings. The van der Waals surface area contributed by atoms with Crippen molar-refractivity contribution in [2.75, 3.05) is 18.5 Å². The molecule has 1 atom stereocenters. The average Bonchev–Trinajstić information content (AvgIpc) is 2.99. The zero-order valence-corrected chi connectivity index (χ0v) is 18.8. The molecule has 3 aromatic rings. The molecule has 2 heterocycles. The Hall–Kier alpha value is -3.20. The molecule has 2 aliphatic heterocycles. The fourth-order valence-corrected chi connectivity index (χ4v) is 5.05. The van der Waals surface area contributed by atoms with Crippen molar-refractivity contribution in [2.24, 2.45) is 9.39 Å². The lowest BCUT2D eigenvalue weighted by atomic mass is 10.0. The largest absolute Gasteiger partial charge is 0.290 e. The van der Waals surface area contributed by atoms with Gasteiger partial charge in [0, 0.05) is 23.2 Å². The minimum absolute atomic E-state index is 0.132. The summed E-state index contributed by atoms with van der Waals surface area (Å²) in [5, 5.41) is 2.39. The van der Waals surface area contributed by atoms with E-state index in [0.29, 0.717) is 11.6 Å². The van der Waals surface area contributed by atoms with Gasteiger partial charge >= 0.3 is 0 Å². The standard InChI is InChI=1S/C23H20ClN5O2S/c1-28-21-15-25-22(16-8-4-2-5-9-16)19-14-17(24)12-13-20(19)29(21)23(26-28)27-32(30,31)18-10-6-3-7-11-18/h2-14,21H,15H2,1H3,(H,26,27). The molecule has 0 spiro atoms. The van der Waals surface area contributed by atoms with E-state index in [-0.39, 0.29) is 17.0 Å². The molecule has 0 aliphatic carbocycles. The summed E-state index contributed by atoms with van der Waals surface area (Å²) in [4.78, 5) is 6.89. The lowest BCUT2D eigenvalue weighted by Gasteiger charge is -2.25. The van der Waals surface area contributed by atoms with E-state index in [9.17, 15) is 8.42 Å². The van der Waals surface area contributed by atoms with Gasteiger partial charge in [0.05, 0.1) is 22.8 Å². The highest BCUT2D eigenvalue weighted by Gasteiger charge is 2.39. The van der Waals surface area contributed by atoms with Gasteiger partial charge in [-0.2, -0.15) is 13.4 Å². The van der Waals surface area contributed by atoms with E-state index in [1.165, 1.54) is 12.1 Å². The highest BCUT2D eigenvalue weighted by atomic mass is 35.5. The molecular formula is C23H20ClN5O2S. The maximum atomic E-state index is 13.0. The van der Waals surface area contributed by atoms with Crippen LogP contribution in [0.15, 0.2) is 93.1 Å². The second-order valence-electron chi connectivity index (χ2n) is 7.49. The summed E-state index contributed by atoms with van der Waals surface area (Å²) >= 11 is 6.35. The van der Waals surface area contributed by atoms with Crippen molar-refractivity contribution in [3.8, 4) is 0 Å². The van der Waals surface area contributed by atoms with Crippen LogP contribution < -0.4 is 10.3 Å². The number of fused-ring (bicyclic) bond motifs is 3. The Morgan fingerprint density at radius 1 is 1.03 bits per heavy atom. The van der Waals surface area contributed by atoms with Gasteiger partial charge in [-0.05, 0) is 30.3 Å². The van der Waals surface area contributed by atoms with Gasteiger partial charge in [0.1, 0.15) is 6.17 Å². The van der Waals surface area contributed by atoms with Crippen LogP contribution in [0.3, 0.4) is 0 Å². The van der Waals surface area contributed by atoms with Gasteiger partial charge in [0.15, 0.2) is 0 Å². The molecule has 3 aromatic carbocycles. The number of nitrogens with one attached hydrogen (secondary N) is 1. The van der Waals surface area contributed by atoms with Gasteiger partial charge < -0.3 is 0 Å². The summed E-state index contributed by atoms with van der Waals surface area (Å²) in [7, 11) is -2.07. The van der Waals surface area contributed by atoms with Crippen LogP contribution in [-0.4, -0.2) is 44.9 Å². The first-order valence-corrected chi connectivity index (χ1v) is 11.8. The van der Waals surface area contributed by atoms with E-state index in [2.05, 4.69) is 9.82 Å². The third-order valence-corrected chi connectivity index (χ3v) is 6.95. The van der Waals surface area contributed by atoms with Crippen LogP contribution in [0.25, 0.3) is 0 Å². The third-order valence-electron chi connectivity index (χ3n) is 5.43. The highest BCUT2D eigenvalue weighted by molar-refractivity contribution is 7.90. The molecule has 9 heteroatoms. The summed E-state index contributed by atoms with van der Waals surface area (Å²) in [6.07, 6.45) is -0.263. The zero-order valence-electron chi connectivity index (χ0n) is 17.2. The average molecular weight is 466 g/mol. The van der Waals surface area contributed by atoms with Gasteiger partial charge in [-0.1, -0.05) is 60.1 Å². The maximum absolute atomic E-state index is 13.0. The number of rotatable bonds is 3. The number of aliphatic imine (C=N–C) groups is 1. The minimum atomic E-state index is -3.91. The molecule has 1 N–H and O–H groups in total. The molecule has 0 aromatic heterocycles. The highest BCUT2D eigenvalue weighted by Crippen LogP contribution is 2.34. The molecule has 7 nitrogen and oxygen atoms in total. The second kappa shape index (κ2) is 8.05. The van der Waals surface area contributed by atoms with Crippen molar-refractivity contribution in [2.45, 2.75) is 11.1 Å². The van der Waals surface area contributed by atoms with Crippen molar-refractivity contribution in [3.05, 3.63) is 95.0 Å². The number of halogens is 1. The van der Waals surface area contributed by atoms with Gasteiger partial charge in [-0.25, -0.2) is 0 Å². The Kier molecular flexibility index (Phi) is 5.21. The van der Waals surface area contributed by atoms with Gasteiger partial charge in [0.2, 0.25) is 5.96 Å². The number of hydrogen-bond acceptors (Lipinski definition) is 4. The predicted molar refractivity (Wildman–Crippen MR) is 127 cm³/mol. The summed E-state index contributed by atoms with van der Waals surface area (Å²) < 4.78 is 30.1. The van der Waals surface area contributed by atoms with Crippen LogP contribution >= 0.6 is 11.6 Å². The van der Waals surface area contributed by atoms with Gasteiger partial charge in [0.25, 0.3) is 10.0 Å². The van der Waals surface area contributed by atoms with Crippen molar-refractivity contribution < 1.29 is 8.42 Å². The number of hydrazine groups is 1. The Balaban J connectivity index is 1.66. The maximum Gasteiger partial charge on any atom is 0.285 e. The molecule has 0 radical (unpaired) electrons. The van der Waals surface area contributed by atoms with Crippen LogP contribution in [0.5, 0.6) is 0 Å². The predicted octanol–water partition coefficient (Wildman–Crippen LogP) is 3.52. The molecule has 2 aliphatic rings. The number of sulfonamides is 1. The van der Waals surface area contributed by atoms with Crippen molar-refractivity contribution in [1.82, 2.24) is 10.4 Å². The Bertz CT molecular complexity index is 1330. The number of hydrogen-bond donors (Lipinski definition) is 1. The molecule has 0 saturated carbocycles. The van der Waals surface area contributed by atoms with Crippen LogP contribution in [0.1, 0.15) is 11.1 Å². The topological polar surface area (TPSA) is 77.4 Å². The summed E-state index contributed by atoms with van der Waals surface area (Å²) in [5.41, 5.74) is 6.44. The SMILES string of the molecule is CN1NC(=NS(=O)(=O)c2ccccc2)N2c3ccc(Cl)cc3C(c3ccccc3)=NCC12. The second-order valence-corrected chi connectivity index (χ2v) is 9.53. The lowest BCUT2D eigenvalue weighted by molar-refractivity contribution is 0.254.